The fourth-order valence-corrected chi connectivity index (χ4v) is 3.20. The van der Waals surface area contributed by atoms with Gasteiger partial charge in [0, 0.05) is 0 Å². The molecular formula is C20H19N3O6. The fraction of sp³-hybridized carbons (Fsp3) is 0.250. The summed E-state index contributed by atoms with van der Waals surface area (Å²) in [4.78, 5) is 38.0. The predicted molar refractivity (Wildman–Crippen MR) is 100 cm³/mol. The molecule has 1 fully saturated rings. The zero-order valence-corrected chi connectivity index (χ0v) is 15.8. The zero-order chi connectivity index (χ0) is 20.6. The molecule has 29 heavy (non-hydrogen) atoms. The molecule has 2 atom stereocenters. The van der Waals surface area contributed by atoms with Crippen molar-refractivity contribution in [3.05, 3.63) is 54.1 Å². The van der Waals surface area contributed by atoms with Gasteiger partial charge in [0.25, 0.3) is 11.8 Å². The van der Waals surface area contributed by atoms with Crippen molar-refractivity contribution in [2.24, 2.45) is 0 Å². The van der Waals surface area contributed by atoms with Crippen molar-refractivity contribution in [1.29, 1.82) is 0 Å². The molecule has 2 aliphatic rings. The minimum atomic E-state index is -1.35. The van der Waals surface area contributed by atoms with E-state index in [1.165, 1.54) is 7.11 Å². The second kappa shape index (κ2) is 7.01. The molecule has 1 saturated heterocycles. The van der Waals surface area contributed by atoms with Crippen LogP contribution in [0.1, 0.15) is 12.5 Å². The van der Waals surface area contributed by atoms with Crippen LogP contribution in [-0.2, 0) is 15.1 Å². The van der Waals surface area contributed by atoms with Crippen LogP contribution in [0.5, 0.6) is 17.2 Å². The normalized spacial score (nSPS) is 22.8. The summed E-state index contributed by atoms with van der Waals surface area (Å²) in [5, 5.41) is 3.28. The third-order valence-electron chi connectivity index (χ3n) is 4.86. The first-order valence-corrected chi connectivity index (χ1v) is 8.92. The number of para-hydroxylation sites is 2. The van der Waals surface area contributed by atoms with Crippen LogP contribution in [0.15, 0.2) is 48.5 Å². The number of hydrazine groups is 1. The fourth-order valence-electron chi connectivity index (χ4n) is 3.20. The molecule has 9 nitrogen and oxygen atoms in total. The lowest BCUT2D eigenvalue weighted by molar-refractivity contribution is -0.143. The summed E-state index contributed by atoms with van der Waals surface area (Å²) in [6.07, 6.45) is -1.01. The van der Waals surface area contributed by atoms with Gasteiger partial charge in [-0.05, 0) is 36.8 Å². The third kappa shape index (κ3) is 3.20. The van der Waals surface area contributed by atoms with Gasteiger partial charge >= 0.3 is 6.03 Å². The van der Waals surface area contributed by atoms with E-state index < -0.39 is 29.5 Å². The Morgan fingerprint density at radius 3 is 2.72 bits per heavy atom. The number of hydrogen-bond acceptors (Lipinski definition) is 6. The molecule has 2 heterocycles. The molecular weight excluding hydrogens is 378 g/mol. The molecule has 0 aromatic heterocycles. The van der Waals surface area contributed by atoms with Gasteiger partial charge in [0.15, 0.2) is 11.5 Å². The number of fused-ring (bicyclic) bond motifs is 1. The van der Waals surface area contributed by atoms with E-state index in [-0.39, 0.29) is 6.61 Å². The Morgan fingerprint density at radius 2 is 1.97 bits per heavy atom. The standard InChI is InChI=1S/C20H19N3O6/c1-20(12-6-5-7-13(10-12)27-2)18(25)23(19(26)21-20)22-17(24)16-11-28-14-8-3-4-9-15(14)29-16/h3-10,16H,11H2,1-2H3,(H,21,26)(H,22,24)/t16-,20-/m1/s1. The Hall–Kier alpha value is -3.75. The third-order valence-corrected chi connectivity index (χ3v) is 4.86. The molecule has 4 rings (SSSR count). The summed E-state index contributed by atoms with van der Waals surface area (Å²) in [7, 11) is 1.51. The molecule has 9 heteroatoms. The molecule has 0 aliphatic carbocycles. The average Bonchev–Trinajstić information content (AvgIpc) is 2.97. The highest BCUT2D eigenvalue weighted by molar-refractivity contribution is 6.08. The maximum atomic E-state index is 13.0. The zero-order valence-electron chi connectivity index (χ0n) is 15.8. The molecule has 2 aromatic rings. The number of amides is 4. The monoisotopic (exact) mass is 397 g/mol. The van der Waals surface area contributed by atoms with Crippen molar-refractivity contribution in [1.82, 2.24) is 15.8 Å². The Morgan fingerprint density at radius 1 is 1.21 bits per heavy atom. The summed E-state index contributed by atoms with van der Waals surface area (Å²) < 4.78 is 16.3. The second-order valence-corrected chi connectivity index (χ2v) is 6.77. The van der Waals surface area contributed by atoms with Crippen LogP contribution in [0, 0.1) is 0 Å². The van der Waals surface area contributed by atoms with Gasteiger partial charge < -0.3 is 19.5 Å². The van der Waals surface area contributed by atoms with Gasteiger partial charge in [-0.25, -0.2) is 4.79 Å². The van der Waals surface area contributed by atoms with Crippen LogP contribution in [0.25, 0.3) is 0 Å². The smallest absolute Gasteiger partial charge is 0.344 e. The van der Waals surface area contributed by atoms with Crippen LogP contribution in [0.2, 0.25) is 0 Å². The summed E-state index contributed by atoms with van der Waals surface area (Å²) in [5.74, 6) is 0.188. The molecule has 2 N–H and O–H groups in total. The number of imide groups is 1. The van der Waals surface area contributed by atoms with E-state index in [0.717, 1.165) is 0 Å². The summed E-state index contributed by atoms with van der Waals surface area (Å²) in [5.41, 5.74) is 1.50. The van der Waals surface area contributed by atoms with Gasteiger partial charge in [0.1, 0.15) is 17.9 Å². The van der Waals surface area contributed by atoms with Crippen molar-refractivity contribution in [3.8, 4) is 17.2 Å². The van der Waals surface area contributed by atoms with E-state index in [2.05, 4.69) is 10.7 Å². The lowest BCUT2D eigenvalue weighted by Gasteiger charge is -2.27. The lowest BCUT2D eigenvalue weighted by Crippen LogP contribution is -2.53. The largest absolute Gasteiger partial charge is 0.497 e. The topological polar surface area (TPSA) is 106 Å². The van der Waals surface area contributed by atoms with Gasteiger partial charge in [-0.1, -0.05) is 24.3 Å². The number of nitrogens with zero attached hydrogens (tertiary/aromatic N) is 1. The number of hydrogen-bond donors (Lipinski definition) is 2. The van der Waals surface area contributed by atoms with E-state index in [4.69, 9.17) is 14.2 Å². The number of carbonyl (C=O) groups is 3. The Kier molecular flexibility index (Phi) is 4.50. The SMILES string of the molecule is COc1cccc([C@@]2(C)NC(=O)N(NC(=O)[C@H]3COc4ccccc4O3)C2=O)c1. The predicted octanol–water partition coefficient (Wildman–Crippen LogP) is 1.33. The summed E-state index contributed by atoms with van der Waals surface area (Å²) in [6, 6.07) is 13.0. The van der Waals surface area contributed by atoms with Crippen molar-refractivity contribution in [2.45, 2.75) is 18.6 Å². The second-order valence-electron chi connectivity index (χ2n) is 6.77. The first-order chi connectivity index (χ1) is 13.9. The molecule has 4 amide bonds. The number of nitrogens with one attached hydrogen (secondary N) is 2. The van der Waals surface area contributed by atoms with E-state index in [1.807, 2.05) is 0 Å². The Labute approximate surface area is 166 Å². The van der Waals surface area contributed by atoms with Gasteiger partial charge in [0.2, 0.25) is 6.10 Å². The molecule has 0 unspecified atom stereocenters. The highest BCUT2D eigenvalue weighted by Gasteiger charge is 2.50. The average molecular weight is 397 g/mol. The maximum absolute atomic E-state index is 13.0. The van der Waals surface area contributed by atoms with Crippen LogP contribution in [0.4, 0.5) is 4.79 Å². The van der Waals surface area contributed by atoms with Crippen LogP contribution < -0.4 is 25.0 Å². The first kappa shape index (κ1) is 18.6. The summed E-state index contributed by atoms with van der Waals surface area (Å²) >= 11 is 0. The van der Waals surface area contributed by atoms with E-state index in [1.54, 1.807) is 55.5 Å². The van der Waals surface area contributed by atoms with Crippen LogP contribution >= 0.6 is 0 Å². The molecule has 2 aliphatic heterocycles. The molecule has 0 saturated carbocycles. The van der Waals surface area contributed by atoms with Crippen molar-refractivity contribution in [2.75, 3.05) is 13.7 Å². The van der Waals surface area contributed by atoms with Gasteiger partial charge in [0.05, 0.1) is 7.11 Å². The molecule has 150 valence electrons. The lowest BCUT2D eigenvalue weighted by atomic mass is 9.92. The van der Waals surface area contributed by atoms with Gasteiger partial charge in [-0.3, -0.25) is 15.0 Å². The van der Waals surface area contributed by atoms with Crippen molar-refractivity contribution >= 4 is 17.8 Å². The van der Waals surface area contributed by atoms with E-state index in [9.17, 15) is 14.4 Å². The van der Waals surface area contributed by atoms with E-state index in [0.29, 0.717) is 27.8 Å². The van der Waals surface area contributed by atoms with Crippen LogP contribution in [-0.4, -0.2) is 42.7 Å². The Bertz CT molecular complexity index is 994. The summed E-state index contributed by atoms with van der Waals surface area (Å²) in [6.45, 7) is 1.52. The van der Waals surface area contributed by atoms with Gasteiger partial charge in [-0.2, -0.15) is 5.01 Å². The quantitative estimate of drug-likeness (QED) is 0.754. The minimum absolute atomic E-state index is 0.0420. The maximum Gasteiger partial charge on any atom is 0.344 e. The number of benzene rings is 2. The van der Waals surface area contributed by atoms with Crippen molar-refractivity contribution in [3.63, 3.8) is 0 Å². The molecule has 0 bridgehead atoms. The number of rotatable bonds is 4. The highest BCUT2D eigenvalue weighted by Crippen LogP contribution is 2.32. The molecule has 2 aromatic carbocycles. The highest BCUT2D eigenvalue weighted by atomic mass is 16.6. The number of urea groups is 1. The molecule has 0 spiro atoms. The van der Waals surface area contributed by atoms with Crippen molar-refractivity contribution < 1.29 is 28.6 Å². The molecule has 0 radical (unpaired) electrons. The Balaban J connectivity index is 1.50. The number of carbonyl (C=O) groups excluding carboxylic acids is 3. The van der Waals surface area contributed by atoms with Gasteiger partial charge in [-0.15, -0.1) is 0 Å². The van der Waals surface area contributed by atoms with Crippen LogP contribution in [0.3, 0.4) is 0 Å². The first-order valence-electron chi connectivity index (χ1n) is 8.92. The number of ether oxygens (including phenoxy) is 3. The number of methoxy groups -OCH3 is 1. The minimum Gasteiger partial charge on any atom is -0.497 e. The van der Waals surface area contributed by atoms with E-state index >= 15 is 0 Å².